The second-order valence-electron chi connectivity index (χ2n) is 6.15. The third-order valence-electron chi connectivity index (χ3n) is 3.98. The summed E-state index contributed by atoms with van der Waals surface area (Å²) in [5.41, 5.74) is 3.23. The van der Waals surface area contributed by atoms with Crippen LogP contribution in [0.1, 0.15) is 31.9 Å². The number of rotatable bonds is 2. The normalized spacial score (nSPS) is 19.7. The molecule has 3 rings (SSSR count). The molecular weight excluding hydrogens is 282 g/mol. The second kappa shape index (κ2) is 5.36. The van der Waals surface area contributed by atoms with Gasteiger partial charge in [0, 0.05) is 18.0 Å². The average molecular weight is 302 g/mol. The van der Waals surface area contributed by atoms with Gasteiger partial charge in [-0.15, -0.1) is 0 Å². The molecule has 2 aromatic carbocycles. The van der Waals surface area contributed by atoms with Crippen molar-refractivity contribution in [1.29, 1.82) is 0 Å². The van der Waals surface area contributed by atoms with E-state index in [9.17, 15) is 0 Å². The maximum absolute atomic E-state index is 6.49. The Hall–Kier alpha value is -1.51. The summed E-state index contributed by atoms with van der Waals surface area (Å²) in [6, 6.07) is 14.7. The van der Waals surface area contributed by atoms with E-state index in [4.69, 9.17) is 16.3 Å². The van der Waals surface area contributed by atoms with E-state index in [1.807, 2.05) is 31.3 Å². The average Bonchev–Trinajstić information content (AvgIpc) is 2.47. The van der Waals surface area contributed by atoms with Gasteiger partial charge >= 0.3 is 0 Å². The van der Waals surface area contributed by atoms with Crippen molar-refractivity contribution < 1.29 is 4.74 Å². The summed E-state index contributed by atoms with van der Waals surface area (Å²) in [6.45, 7) is 4.20. The number of fused-ring (bicyclic) bond motifs is 1. The van der Waals surface area contributed by atoms with Gasteiger partial charge in [0.15, 0.2) is 0 Å². The van der Waals surface area contributed by atoms with E-state index in [2.05, 4.69) is 37.4 Å². The lowest BCUT2D eigenvalue weighted by Crippen LogP contribution is -2.38. The zero-order chi connectivity index (χ0) is 15.0. The molecule has 0 amide bonds. The quantitative estimate of drug-likeness (QED) is 0.858. The van der Waals surface area contributed by atoms with Crippen molar-refractivity contribution in [3.05, 3.63) is 53.1 Å². The third-order valence-corrected chi connectivity index (χ3v) is 4.26. The predicted molar refractivity (Wildman–Crippen MR) is 88.0 cm³/mol. The first-order valence-corrected chi connectivity index (χ1v) is 7.63. The number of hydrogen-bond donors (Lipinski definition) is 1. The van der Waals surface area contributed by atoms with Crippen molar-refractivity contribution in [2.75, 3.05) is 7.05 Å². The molecule has 2 nitrogen and oxygen atoms in total. The maximum atomic E-state index is 6.49. The third kappa shape index (κ3) is 2.78. The molecule has 21 heavy (non-hydrogen) atoms. The zero-order valence-electron chi connectivity index (χ0n) is 12.6. The monoisotopic (exact) mass is 301 g/mol. The van der Waals surface area contributed by atoms with Crippen LogP contribution in [0.3, 0.4) is 0 Å². The first kappa shape index (κ1) is 14.4. The molecule has 0 saturated carbocycles. The van der Waals surface area contributed by atoms with Gasteiger partial charge in [-0.25, -0.2) is 0 Å². The molecule has 1 N–H and O–H groups in total. The molecule has 0 aromatic heterocycles. The lowest BCUT2D eigenvalue weighted by atomic mass is 9.88. The van der Waals surface area contributed by atoms with Gasteiger partial charge in [-0.1, -0.05) is 41.9 Å². The van der Waals surface area contributed by atoms with Crippen LogP contribution in [0, 0.1) is 0 Å². The molecule has 110 valence electrons. The fourth-order valence-electron chi connectivity index (χ4n) is 2.96. The van der Waals surface area contributed by atoms with Crippen LogP contribution < -0.4 is 10.1 Å². The lowest BCUT2D eigenvalue weighted by Gasteiger charge is -2.38. The molecule has 1 aliphatic rings. The minimum absolute atomic E-state index is 0.210. The summed E-state index contributed by atoms with van der Waals surface area (Å²) in [5, 5.41) is 4.06. The summed E-state index contributed by atoms with van der Waals surface area (Å²) < 4.78 is 6.10. The van der Waals surface area contributed by atoms with Crippen molar-refractivity contribution in [3.63, 3.8) is 0 Å². The zero-order valence-corrected chi connectivity index (χ0v) is 13.4. The van der Waals surface area contributed by atoms with Crippen molar-refractivity contribution in [2.24, 2.45) is 0 Å². The van der Waals surface area contributed by atoms with Crippen LogP contribution in [0.2, 0.25) is 5.02 Å². The Bertz CT molecular complexity index is 652. The van der Waals surface area contributed by atoms with Gasteiger partial charge in [0.05, 0.1) is 5.02 Å². The van der Waals surface area contributed by atoms with E-state index in [0.717, 1.165) is 23.3 Å². The van der Waals surface area contributed by atoms with Crippen molar-refractivity contribution >= 4 is 11.6 Å². The smallest absolute Gasteiger partial charge is 0.143 e. The van der Waals surface area contributed by atoms with E-state index in [1.165, 1.54) is 5.56 Å². The highest BCUT2D eigenvalue weighted by molar-refractivity contribution is 6.32. The Morgan fingerprint density at radius 2 is 1.86 bits per heavy atom. The van der Waals surface area contributed by atoms with E-state index in [-0.39, 0.29) is 11.6 Å². The van der Waals surface area contributed by atoms with Crippen LogP contribution in [-0.4, -0.2) is 12.6 Å². The molecule has 0 bridgehead atoms. The molecule has 0 fully saturated rings. The van der Waals surface area contributed by atoms with Crippen LogP contribution >= 0.6 is 11.6 Å². The Balaban J connectivity index is 2.13. The SMILES string of the molecule is CNC1CC(C)(C)Oc2c(Cl)cc(-c3ccccc3)cc21. The molecule has 0 saturated heterocycles. The fraction of sp³-hybridized carbons (Fsp3) is 0.333. The largest absolute Gasteiger partial charge is 0.486 e. The topological polar surface area (TPSA) is 21.3 Å². The van der Waals surface area contributed by atoms with Crippen LogP contribution in [0.5, 0.6) is 5.75 Å². The summed E-state index contributed by atoms with van der Waals surface area (Å²) in [7, 11) is 1.99. The van der Waals surface area contributed by atoms with Gasteiger partial charge < -0.3 is 10.1 Å². The number of halogens is 1. The van der Waals surface area contributed by atoms with Crippen molar-refractivity contribution in [1.82, 2.24) is 5.32 Å². The molecule has 0 aliphatic carbocycles. The first-order valence-electron chi connectivity index (χ1n) is 7.25. The Morgan fingerprint density at radius 3 is 2.52 bits per heavy atom. The molecule has 1 aliphatic heterocycles. The summed E-state index contributed by atoms with van der Waals surface area (Å²) in [6.07, 6.45) is 0.922. The molecular formula is C18H20ClNO. The Morgan fingerprint density at radius 1 is 1.14 bits per heavy atom. The standard InChI is InChI=1S/C18H20ClNO/c1-18(2)11-16(20-3)14-9-13(10-15(19)17(14)21-18)12-7-5-4-6-8-12/h4-10,16,20H,11H2,1-3H3. The second-order valence-corrected chi connectivity index (χ2v) is 6.56. The van der Waals surface area contributed by atoms with Crippen LogP contribution in [0.15, 0.2) is 42.5 Å². The Labute approximate surface area is 131 Å². The molecule has 1 unspecified atom stereocenters. The summed E-state index contributed by atoms with van der Waals surface area (Å²) in [5.74, 6) is 0.812. The van der Waals surface area contributed by atoms with E-state index in [1.54, 1.807) is 0 Å². The number of hydrogen-bond acceptors (Lipinski definition) is 2. The van der Waals surface area contributed by atoms with Gasteiger partial charge in [-0.3, -0.25) is 0 Å². The molecule has 1 atom stereocenters. The number of ether oxygens (including phenoxy) is 1. The van der Waals surface area contributed by atoms with Gasteiger partial charge in [0.25, 0.3) is 0 Å². The van der Waals surface area contributed by atoms with Crippen LogP contribution in [0.25, 0.3) is 11.1 Å². The molecule has 0 spiro atoms. The van der Waals surface area contributed by atoms with E-state index in [0.29, 0.717) is 5.02 Å². The maximum Gasteiger partial charge on any atom is 0.143 e. The van der Waals surface area contributed by atoms with E-state index < -0.39 is 0 Å². The van der Waals surface area contributed by atoms with E-state index >= 15 is 0 Å². The minimum Gasteiger partial charge on any atom is -0.486 e. The molecule has 0 radical (unpaired) electrons. The summed E-state index contributed by atoms with van der Waals surface area (Å²) >= 11 is 6.49. The predicted octanol–water partition coefficient (Wildman–Crippen LogP) is 4.83. The molecule has 2 aromatic rings. The minimum atomic E-state index is -0.210. The van der Waals surface area contributed by atoms with Crippen LogP contribution in [-0.2, 0) is 0 Å². The fourth-order valence-corrected chi connectivity index (χ4v) is 3.22. The summed E-state index contributed by atoms with van der Waals surface area (Å²) in [4.78, 5) is 0. The number of benzene rings is 2. The van der Waals surface area contributed by atoms with Gasteiger partial charge in [-0.05, 0) is 44.2 Å². The Kier molecular flexibility index (Phi) is 3.68. The van der Waals surface area contributed by atoms with Crippen molar-refractivity contribution in [3.8, 4) is 16.9 Å². The van der Waals surface area contributed by atoms with Crippen molar-refractivity contribution in [2.45, 2.75) is 31.9 Å². The first-order chi connectivity index (χ1) is 10.00. The van der Waals surface area contributed by atoms with Gasteiger partial charge in [-0.2, -0.15) is 0 Å². The van der Waals surface area contributed by atoms with Crippen LogP contribution in [0.4, 0.5) is 0 Å². The van der Waals surface area contributed by atoms with Gasteiger partial charge in [0.1, 0.15) is 11.4 Å². The number of nitrogens with one attached hydrogen (secondary N) is 1. The molecule has 3 heteroatoms. The lowest BCUT2D eigenvalue weighted by molar-refractivity contribution is 0.0677. The van der Waals surface area contributed by atoms with Gasteiger partial charge in [0.2, 0.25) is 0 Å². The highest BCUT2D eigenvalue weighted by atomic mass is 35.5. The highest BCUT2D eigenvalue weighted by Crippen LogP contribution is 2.45. The highest BCUT2D eigenvalue weighted by Gasteiger charge is 2.34. The molecule has 1 heterocycles.